The predicted molar refractivity (Wildman–Crippen MR) is 81.6 cm³/mol. The van der Waals surface area contributed by atoms with Crippen LogP contribution in [0.2, 0.25) is 0 Å². The van der Waals surface area contributed by atoms with Gasteiger partial charge in [0.2, 0.25) is 0 Å². The molecule has 0 saturated heterocycles. The Hall–Kier alpha value is -1.62. The van der Waals surface area contributed by atoms with Crippen LogP contribution in [0.5, 0.6) is 0 Å². The summed E-state index contributed by atoms with van der Waals surface area (Å²) >= 11 is 3.44. The van der Waals surface area contributed by atoms with Crippen LogP contribution in [-0.2, 0) is 11.2 Å². The van der Waals surface area contributed by atoms with Crippen LogP contribution in [0.3, 0.4) is 0 Å². The summed E-state index contributed by atoms with van der Waals surface area (Å²) < 4.78 is 0.991. The quantitative estimate of drug-likeness (QED) is 0.892. The van der Waals surface area contributed by atoms with Crippen molar-refractivity contribution < 1.29 is 9.90 Å². The number of aromatic nitrogens is 2. The van der Waals surface area contributed by atoms with Crippen molar-refractivity contribution in [2.45, 2.75) is 27.2 Å². The van der Waals surface area contributed by atoms with Crippen LogP contribution < -0.4 is 0 Å². The maximum Gasteiger partial charge on any atom is 0.309 e. The van der Waals surface area contributed by atoms with Gasteiger partial charge in [-0.05, 0) is 32.9 Å². The van der Waals surface area contributed by atoms with Gasteiger partial charge in [0.05, 0.1) is 11.1 Å². The van der Waals surface area contributed by atoms with E-state index in [9.17, 15) is 9.90 Å². The molecule has 0 unspecified atom stereocenters. The number of nitrogens with zero attached hydrogens (tertiary/aromatic N) is 1. The fourth-order valence-corrected chi connectivity index (χ4v) is 2.42. The minimum atomic E-state index is -0.834. The molecule has 0 aliphatic carbocycles. The lowest BCUT2D eigenvalue weighted by Crippen LogP contribution is -2.26. The Morgan fingerprint density at radius 2 is 2.15 bits per heavy atom. The average molecular weight is 337 g/mol. The van der Waals surface area contributed by atoms with Gasteiger partial charge in [0.25, 0.3) is 0 Å². The highest BCUT2D eigenvalue weighted by atomic mass is 79.9. The van der Waals surface area contributed by atoms with Crippen molar-refractivity contribution in [2.24, 2.45) is 5.41 Å². The standard InChI is InChI=1S/C15H17BrN2O2/c1-9-13(10-5-4-6-11(16)7-10)18-12(17-9)8-15(2,3)14(19)20/h4-7H,8H2,1-3H3,(H,17,18)(H,19,20). The molecule has 1 aromatic carbocycles. The lowest BCUT2D eigenvalue weighted by molar-refractivity contribution is -0.146. The minimum absolute atomic E-state index is 0.372. The number of aliphatic carboxylic acids is 1. The number of carboxylic acids is 1. The van der Waals surface area contributed by atoms with Gasteiger partial charge < -0.3 is 10.1 Å². The van der Waals surface area contributed by atoms with Crippen molar-refractivity contribution in [1.82, 2.24) is 9.97 Å². The van der Waals surface area contributed by atoms with Gasteiger partial charge in [0, 0.05) is 22.2 Å². The topological polar surface area (TPSA) is 66.0 Å². The number of aryl methyl sites for hydroxylation is 1. The zero-order valence-corrected chi connectivity index (χ0v) is 13.3. The maximum absolute atomic E-state index is 11.2. The minimum Gasteiger partial charge on any atom is -0.481 e. The molecule has 106 valence electrons. The number of halogens is 1. The van der Waals surface area contributed by atoms with E-state index in [2.05, 4.69) is 25.9 Å². The Morgan fingerprint density at radius 3 is 2.75 bits per heavy atom. The first-order valence-corrected chi connectivity index (χ1v) is 7.14. The largest absolute Gasteiger partial charge is 0.481 e. The van der Waals surface area contributed by atoms with E-state index in [0.29, 0.717) is 12.2 Å². The lowest BCUT2D eigenvalue weighted by Gasteiger charge is -2.16. The lowest BCUT2D eigenvalue weighted by atomic mass is 9.89. The highest BCUT2D eigenvalue weighted by molar-refractivity contribution is 9.10. The Bertz CT molecular complexity index is 647. The molecule has 2 aromatic rings. The van der Waals surface area contributed by atoms with Crippen LogP contribution in [0, 0.1) is 12.3 Å². The van der Waals surface area contributed by atoms with Crippen molar-refractivity contribution in [2.75, 3.05) is 0 Å². The van der Waals surface area contributed by atoms with E-state index in [-0.39, 0.29) is 0 Å². The summed E-state index contributed by atoms with van der Waals surface area (Å²) in [4.78, 5) is 18.9. The van der Waals surface area contributed by atoms with Gasteiger partial charge in [0.1, 0.15) is 5.82 Å². The van der Waals surface area contributed by atoms with Gasteiger partial charge >= 0.3 is 5.97 Å². The summed E-state index contributed by atoms with van der Waals surface area (Å²) in [6.45, 7) is 5.35. The van der Waals surface area contributed by atoms with Crippen LogP contribution in [0.4, 0.5) is 0 Å². The fourth-order valence-electron chi connectivity index (χ4n) is 2.02. The van der Waals surface area contributed by atoms with Gasteiger partial charge in [-0.3, -0.25) is 4.79 Å². The molecule has 2 N–H and O–H groups in total. The molecule has 1 heterocycles. The summed E-state index contributed by atoms with van der Waals surface area (Å²) in [6, 6.07) is 7.89. The van der Waals surface area contributed by atoms with Crippen molar-refractivity contribution in [3.63, 3.8) is 0 Å². The first-order valence-electron chi connectivity index (χ1n) is 6.34. The summed E-state index contributed by atoms with van der Waals surface area (Å²) in [6.07, 6.45) is 0.372. The maximum atomic E-state index is 11.2. The zero-order valence-electron chi connectivity index (χ0n) is 11.7. The smallest absolute Gasteiger partial charge is 0.309 e. The van der Waals surface area contributed by atoms with Crippen LogP contribution in [0.25, 0.3) is 11.3 Å². The number of hydrogen-bond donors (Lipinski definition) is 2. The Kier molecular flexibility index (Phi) is 3.99. The first-order chi connectivity index (χ1) is 9.29. The van der Waals surface area contributed by atoms with E-state index < -0.39 is 11.4 Å². The SMILES string of the molecule is Cc1[nH]c(CC(C)(C)C(=O)O)nc1-c1cccc(Br)c1. The highest BCUT2D eigenvalue weighted by Crippen LogP contribution is 2.27. The number of carbonyl (C=O) groups is 1. The van der Waals surface area contributed by atoms with Crippen molar-refractivity contribution in [1.29, 1.82) is 0 Å². The molecule has 0 saturated carbocycles. The second-order valence-electron chi connectivity index (χ2n) is 5.53. The van der Waals surface area contributed by atoms with Crippen molar-refractivity contribution in [3.05, 3.63) is 40.3 Å². The molecular formula is C15H17BrN2O2. The van der Waals surface area contributed by atoms with Crippen molar-refractivity contribution in [3.8, 4) is 11.3 Å². The average Bonchev–Trinajstić information content (AvgIpc) is 2.69. The van der Waals surface area contributed by atoms with Crippen molar-refractivity contribution >= 4 is 21.9 Å². The molecule has 1 aromatic heterocycles. The molecule has 0 amide bonds. The molecule has 0 bridgehead atoms. The second-order valence-corrected chi connectivity index (χ2v) is 6.45. The summed E-state index contributed by atoms with van der Waals surface area (Å²) in [5.74, 6) is -0.125. The van der Waals surface area contributed by atoms with Gasteiger partial charge in [-0.1, -0.05) is 28.1 Å². The molecule has 0 fully saturated rings. The zero-order chi connectivity index (χ0) is 14.9. The third-order valence-electron chi connectivity index (χ3n) is 3.22. The van der Waals surface area contributed by atoms with E-state index in [1.54, 1.807) is 13.8 Å². The molecule has 0 atom stereocenters. The summed E-state index contributed by atoms with van der Waals surface area (Å²) in [7, 11) is 0. The van der Waals surface area contributed by atoms with Gasteiger partial charge in [-0.2, -0.15) is 0 Å². The number of imidazole rings is 1. The molecule has 0 spiro atoms. The second kappa shape index (κ2) is 5.40. The number of benzene rings is 1. The number of hydrogen-bond acceptors (Lipinski definition) is 2. The van der Waals surface area contributed by atoms with Gasteiger partial charge in [-0.25, -0.2) is 4.98 Å². The summed E-state index contributed by atoms with van der Waals surface area (Å²) in [5.41, 5.74) is 1.98. The number of nitrogens with one attached hydrogen (secondary N) is 1. The number of H-pyrrole nitrogens is 1. The van der Waals surface area contributed by atoms with E-state index in [0.717, 1.165) is 21.4 Å². The van der Waals surface area contributed by atoms with E-state index in [4.69, 9.17) is 0 Å². The third-order valence-corrected chi connectivity index (χ3v) is 3.71. The molecule has 4 nitrogen and oxygen atoms in total. The molecule has 0 radical (unpaired) electrons. The first kappa shape index (κ1) is 14.8. The number of aromatic amines is 1. The Morgan fingerprint density at radius 1 is 1.45 bits per heavy atom. The Labute approximate surface area is 126 Å². The highest BCUT2D eigenvalue weighted by Gasteiger charge is 2.29. The fraction of sp³-hybridized carbons (Fsp3) is 0.333. The molecule has 5 heteroatoms. The van der Waals surface area contributed by atoms with E-state index in [1.807, 2.05) is 31.2 Å². The van der Waals surface area contributed by atoms with Crippen LogP contribution in [-0.4, -0.2) is 21.0 Å². The molecule has 2 rings (SSSR count). The van der Waals surface area contributed by atoms with Gasteiger partial charge in [-0.15, -0.1) is 0 Å². The van der Waals surface area contributed by atoms with Gasteiger partial charge in [0.15, 0.2) is 0 Å². The number of carboxylic acid groups (broad SMARTS) is 1. The molecule has 20 heavy (non-hydrogen) atoms. The van der Waals surface area contributed by atoms with E-state index in [1.165, 1.54) is 0 Å². The molecule has 0 aliphatic rings. The molecule has 0 aliphatic heterocycles. The predicted octanol–water partition coefficient (Wildman–Crippen LogP) is 3.80. The molecular weight excluding hydrogens is 320 g/mol. The summed E-state index contributed by atoms with van der Waals surface area (Å²) in [5, 5.41) is 9.18. The van der Waals surface area contributed by atoms with Crippen LogP contribution in [0.1, 0.15) is 25.4 Å². The number of rotatable bonds is 4. The van der Waals surface area contributed by atoms with Crippen LogP contribution in [0.15, 0.2) is 28.7 Å². The van der Waals surface area contributed by atoms with E-state index >= 15 is 0 Å². The third kappa shape index (κ3) is 3.10. The Balaban J connectivity index is 2.33. The monoisotopic (exact) mass is 336 g/mol. The van der Waals surface area contributed by atoms with Crippen LogP contribution >= 0.6 is 15.9 Å². The normalized spacial score (nSPS) is 11.6.